The number of benzene rings is 2. The molecule has 6 nitrogen and oxygen atoms in total. The monoisotopic (exact) mass is 439 g/mol. The summed E-state index contributed by atoms with van der Waals surface area (Å²) in [6.07, 6.45) is 3.55. The van der Waals surface area contributed by atoms with E-state index < -0.39 is 0 Å². The summed E-state index contributed by atoms with van der Waals surface area (Å²) in [5, 5.41) is 2.03. The maximum Gasteiger partial charge on any atom is 0.296 e. The Bertz CT molecular complexity index is 1490. The molecule has 0 fully saturated rings. The first-order chi connectivity index (χ1) is 15.6. The fraction of sp³-hybridized carbons (Fsp3) is 0.0800. The fourth-order valence-corrected chi connectivity index (χ4v) is 4.66. The Balaban J connectivity index is 1.83. The van der Waals surface area contributed by atoms with Crippen molar-refractivity contribution in [2.75, 3.05) is 0 Å². The molecule has 0 spiro atoms. The molecule has 0 aliphatic rings. The number of thiazole rings is 1. The highest BCUT2D eigenvalue weighted by Gasteiger charge is 2.22. The van der Waals surface area contributed by atoms with E-state index in [1.807, 2.05) is 101 Å². The van der Waals surface area contributed by atoms with Crippen LogP contribution in [0, 0.1) is 6.92 Å². The number of hydrogen-bond donors (Lipinski definition) is 0. The van der Waals surface area contributed by atoms with E-state index in [-0.39, 0.29) is 5.56 Å². The molecule has 3 aromatic heterocycles. The molecule has 0 aliphatic carbocycles. The van der Waals surface area contributed by atoms with Crippen LogP contribution < -0.4 is 10.4 Å². The first-order valence-electron chi connectivity index (χ1n) is 10.2. The third-order valence-electron chi connectivity index (χ3n) is 5.39. The van der Waals surface area contributed by atoms with Crippen LogP contribution >= 0.6 is 11.3 Å². The summed E-state index contributed by atoms with van der Waals surface area (Å²) < 4.78 is 5.53. The van der Waals surface area contributed by atoms with Gasteiger partial charge in [-0.25, -0.2) is 9.67 Å². The lowest BCUT2D eigenvalue weighted by Crippen LogP contribution is -2.24. The standard InChI is InChI=1S/C25H21N5OS/c1-18-23(24(31)30(28(18)2)21-13-7-4-8-14-21)29-22(19-10-9-15-26-16-19)17-32-25(29)27-20-11-5-3-6-12-20/h3-17H,1-2H3. The molecule has 0 aliphatic heterocycles. The topological polar surface area (TPSA) is 57.1 Å². The number of pyridine rings is 1. The molecule has 0 bridgehead atoms. The Morgan fingerprint density at radius 2 is 1.66 bits per heavy atom. The Morgan fingerprint density at radius 3 is 2.34 bits per heavy atom. The molecule has 32 heavy (non-hydrogen) atoms. The lowest BCUT2D eigenvalue weighted by molar-refractivity contribution is 0.630. The van der Waals surface area contributed by atoms with Gasteiger partial charge < -0.3 is 0 Å². The zero-order valence-corrected chi connectivity index (χ0v) is 18.5. The van der Waals surface area contributed by atoms with Gasteiger partial charge in [0.1, 0.15) is 5.69 Å². The molecule has 2 aromatic carbocycles. The number of rotatable bonds is 4. The summed E-state index contributed by atoms with van der Waals surface area (Å²) >= 11 is 1.50. The minimum atomic E-state index is -0.103. The van der Waals surface area contributed by atoms with Crippen molar-refractivity contribution >= 4 is 17.0 Å². The Hall–Kier alpha value is -3.97. The molecule has 0 atom stereocenters. The van der Waals surface area contributed by atoms with Crippen LogP contribution in [0.1, 0.15) is 5.69 Å². The first kappa shape index (κ1) is 20.0. The highest BCUT2D eigenvalue weighted by atomic mass is 32.1. The molecular weight excluding hydrogens is 418 g/mol. The van der Waals surface area contributed by atoms with E-state index in [4.69, 9.17) is 4.99 Å². The van der Waals surface area contributed by atoms with E-state index in [0.29, 0.717) is 5.69 Å². The van der Waals surface area contributed by atoms with Gasteiger partial charge in [0.2, 0.25) is 0 Å². The average molecular weight is 440 g/mol. The van der Waals surface area contributed by atoms with E-state index in [2.05, 4.69) is 4.98 Å². The zero-order chi connectivity index (χ0) is 22.1. The predicted molar refractivity (Wildman–Crippen MR) is 128 cm³/mol. The maximum atomic E-state index is 13.8. The van der Waals surface area contributed by atoms with Gasteiger partial charge in [0.25, 0.3) is 5.56 Å². The summed E-state index contributed by atoms with van der Waals surface area (Å²) in [5.74, 6) is 0. The second-order valence-corrected chi connectivity index (χ2v) is 8.17. The lowest BCUT2D eigenvalue weighted by Gasteiger charge is -2.08. The number of hydrogen-bond acceptors (Lipinski definition) is 4. The molecule has 3 heterocycles. The first-order valence-corrected chi connectivity index (χ1v) is 11.1. The molecule has 0 N–H and O–H groups in total. The third kappa shape index (κ3) is 3.42. The van der Waals surface area contributed by atoms with Crippen molar-refractivity contribution in [3.05, 3.63) is 111 Å². The van der Waals surface area contributed by atoms with Gasteiger partial charge in [-0.1, -0.05) is 36.4 Å². The van der Waals surface area contributed by atoms with Crippen molar-refractivity contribution in [3.63, 3.8) is 0 Å². The Kier molecular flexibility index (Phi) is 5.17. The molecule has 5 rings (SSSR count). The number of aromatic nitrogens is 4. The third-order valence-corrected chi connectivity index (χ3v) is 6.22. The van der Waals surface area contributed by atoms with Crippen LogP contribution in [-0.2, 0) is 7.05 Å². The van der Waals surface area contributed by atoms with E-state index in [9.17, 15) is 4.79 Å². The van der Waals surface area contributed by atoms with Gasteiger partial charge in [-0.15, -0.1) is 11.3 Å². The van der Waals surface area contributed by atoms with E-state index in [1.165, 1.54) is 11.3 Å². The van der Waals surface area contributed by atoms with Gasteiger partial charge >= 0.3 is 0 Å². The van der Waals surface area contributed by atoms with Crippen molar-refractivity contribution in [1.82, 2.24) is 18.9 Å². The lowest BCUT2D eigenvalue weighted by atomic mass is 10.2. The van der Waals surface area contributed by atoms with E-state index in [1.54, 1.807) is 17.1 Å². The van der Waals surface area contributed by atoms with Crippen LogP contribution in [0.3, 0.4) is 0 Å². The van der Waals surface area contributed by atoms with Crippen LogP contribution in [0.4, 0.5) is 5.69 Å². The minimum Gasteiger partial charge on any atom is -0.283 e. The quantitative estimate of drug-likeness (QED) is 0.410. The highest BCUT2D eigenvalue weighted by Crippen LogP contribution is 2.24. The van der Waals surface area contributed by atoms with Gasteiger partial charge in [0, 0.05) is 30.4 Å². The summed E-state index contributed by atoms with van der Waals surface area (Å²) in [6, 6.07) is 23.3. The van der Waals surface area contributed by atoms with Crippen molar-refractivity contribution in [2.24, 2.45) is 12.0 Å². The SMILES string of the molecule is Cc1c(-n2c(-c3cccnc3)csc2=Nc2ccccc2)c(=O)n(-c2ccccc2)n1C. The number of nitrogens with zero attached hydrogens (tertiary/aromatic N) is 5. The normalized spacial score (nSPS) is 11.8. The molecular formula is C25H21N5OS. The van der Waals surface area contributed by atoms with Crippen LogP contribution in [0.25, 0.3) is 22.6 Å². The second kappa shape index (κ2) is 8.28. The van der Waals surface area contributed by atoms with Crippen LogP contribution in [-0.4, -0.2) is 18.9 Å². The van der Waals surface area contributed by atoms with Crippen LogP contribution in [0.5, 0.6) is 0 Å². The molecule has 158 valence electrons. The summed E-state index contributed by atoms with van der Waals surface area (Å²) in [6.45, 7) is 1.96. The molecule has 0 saturated carbocycles. The van der Waals surface area contributed by atoms with Crippen molar-refractivity contribution in [1.29, 1.82) is 0 Å². The largest absolute Gasteiger partial charge is 0.296 e. The van der Waals surface area contributed by atoms with Gasteiger partial charge in [-0.2, -0.15) is 0 Å². The average Bonchev–Trinajstić information content (AvgIpc) is 3.33. The van der Waals surface area contributed by atoms with Crippen molar-refractivity contribution in [3.8, 4) is 22.6 Å². The number of para-hydroxylation sites is 2. The van der Waals surface area contributed by atoms with Gasteiger partial charge in [-0.05, 0) is 43.3 Å². The van der Waals surface area contributed by atoms with Gasteiger partial charge in [-0.3, -0.25) is 19.0 Å². The molecule has 0 radical (unpaired) electrons. The highest BCUT2D eigenvalue weighted by molar-refractivity contribution is 7.07. The molecule has 0 unspecified atom stereocenters. The van der Waals surface area contributed by atoms with Crippen molar-refractivity contribution in [2.45, 2.75) is 6.92 Å². The smallest absolute Gasteiger partial charge is 0.283 e. The Morgan fingerprint density at radius 1 is 0.938 bits per heavy atom. The molecule has 0 saturated heterocycles. The van der Waals surface area contributed by atoms with Gasteiger partial charge in [0.15, 0.2) is 4.80 Å². The predicted octanol–water partition coefficient (Wildman–Crippen LogP) is 4.63. The summed E-state index contributed by atoms with van der Waals surface area (Å²) in [7, 11) is 1.90. The van der Waals surface area contributed by atoms with E-state index >= 15 is 0 Å². The summed E-state index contributed by atoms with van der Waals surface area (Å²) in [4.78, 5) is 23.6. The van der Waals surface area contributed by atoms with Gasteiger partial charge in [0.05, 0.1) is 22.8 Å². The molecule has 5 aromatic rings. The van der Waals surface area contributed by atoms with Crippen LogP contribution in [0.2, 0.25) is 0 Å². The molecule has 7 heteroatoms. The second-order valence-electron chi connectivity index (χ2n) is 7.34. The zero-order valence-electron chi connectivity index (χ0n) is 17.7. The minimum absolute atomic E-state index is 0.103. The summed E-state index contributed by atoms with van der Waals surface area (Å²) in [5.41, 5.74) is 4.76. The fourth-order valence-electron chi connectivity index (χ4n) is 3.75. The van der Waals surface area contributed by atoms with Crippen LogP contribution in [0.15, 0.2) is 100 Å². The Labute approximate surface area is 189 Å². The maximum absolute atomic E-state index is 13.8. The molecule has 0 amide bonds. The van der Waals surface area contributed by atoms with Crippen molar-refractivity contribution < 1.29 is 0 Å². The van der Waals surface area contributed by atoms with E-state index in [0.717, 1.165) is 33.1 Å².